The average Bonchev–Trinajstić information content (AvgIpc) is 3.06. The van der Waals surface area contributed by atoms with Crippen molar-refractivity contribution in [2.75, 3.05) is 0 Å². The summed E-state index contributed by atoms with van der Waals surface area (Å²) in [5.41, 5.74) is 9.06. The molecule has 3 aromatic rings. The molecule has 0 bridgehead atoms. The average molecular weight is 308 g/mol. The van der Waals surface area contributed by atoms with Crippen LogP contribution in [0.25, 0.3) is 11.5 Å². The quantitative estimate of drug-likeness (QED) is 0.675. The summed E-state index contributed by atoms with van der Waals surface area (Å²) in [7, 11) is 0. The molecule has 2 aromatic carbocycles. The highest BCUT2D eigenvalue weighted by atomic mass is 16.4. The zero-order valence-corrected chi connectivity index (χ0v) is 12.3. The molecular formula is C18H16N2O3. The smallest absolute Gasteiger partial charge is 0.226 e. The van der Waals surface area contributed by atoms with Gasteiger partial charge >= 0.3 is 0 Å². The molecule has 0 amide bonds. The van der Waals surface area contributed by atoms with Gasteiger partial charge in [0.15, 0.2) is 5.76 Å². The molecule has 0 fully saturated rings. The summed E-state index contributed by atoms with van der Waals surface area (Å²) in [6.07, 6.45) is -1.83. The number of hydrogen-bond donors (Lipinski definition) is 3. The molecule has 23 heavy (non-hydrogen) atoms. The molecule has 0 saturated heterocycles. The number of hydrogen-bond acceptors (Lipinski definition) is 5. The number of nitrogens with two attached hydrogens (primary N) is 1. The molecule has 1 aliphatic rings. The first-order valence-corrected chi connectivity index (χ1v) is 7.44. The van der Waals surface area contributed by atoms with Crippen molar-refractivity contribution in [3.8, 4) is 11.5 Å². The second kappa shape index (κ2) is 5.31. The first-order chi connectivity index (χ1) is 11.2. The number of aliphatic hydroxyl groups is 2. The molecule has 4 N–H and O–H groups in total. The van der Waals surface area contributed by atoms with Crippen LogP contribution in [0.1, 0.15) is 40.4 Å². The van der Waals surface area contributed by atoms with Gasteiger partial charge in [0.1, 0.15) is 17.9 Å². The Morgan fingerprint density at radius 3 is 2.48 bits per heavy atom. The first-order valence-electron chi connectivity index (χ1n) is 7.44. The molecule has 5 nitrogen and oxygen atoms in total. The van der Waals surface area contributed by atoms with Crippen LogP contribution in [0.3, 0.4) is 0 Å². The molecular weight excluding hydrogens is 292 g/mol. The molecule has 0 saturated carbocycles. The first kappa shape index (κ1) is 14.1. The van der Waals surface area contributed by atoms with Crippen LogP contribution >= 0.6 is 0 Å². The minimum atomic E-state index is -0.927. The summed E-state index contributed by atoms with van der Waals surface area (Å²) in [5, 5.41) is 21.1. The van der Waals surface area contributed by atoms with Gasteiger partial charge in [0.05, 0.1) is 0 Å². The SMILES string of the molecule is NCc1cccc(-c2nc3c(o2)C(O)c2ccccc2C3O)c1. The fourth-order valence-electron chi connectivity index (χ4n) is 2.99. The van der Waals surface area contributed by atoms with Gasteiger partial charge in [0.25, 0.3) is 0 Å². The van der Waals surface area contributed by atoms with Crippen LogP contribution in [0.2, 0.25) is 0 Å². The Balaban J connectivity index is 1.83. The molecule has 0 aliphatic heterocycles. The highest BCUT2D eigenvalue weighted by Gasteiger charge is 2.35. The van der Waals surface area contributed by atoms with E-state index in [4.69, 9.17) is 10.2 Å². The summed E-state index contributed by atoms with van der Waals surface area (Å²) < 4.78 is 5.77. The number of rotatable bonds is 2. The minimum Gasteiger partial charge on any atom is -0.438 e. The zero-order valence-electron chi connectivity index (χ0n) is 12.3. The molecule has 5 heteroatoms. The van der Waals surface area contributed by atoms with Crippen molar-refractivity contribution in [1.29, 1.82) is 0 Å². The summed E-state index contributed by atoms with van der Waals surface area (Å²) in [6.45, 7) is 0.422. The van der Waals surface area contributed by atoms with Gasteiger partial charge in [-0.05, 0) is 28.8 Å². The summed E-state index contributed by atoms with van der Waals surface area (Å²) in [6, 6.07) is 14.8. The standard InChI is InChI=1S/C18H16N2O3/c19-9-10-4-3-5-11(8-10)18-20-14-15(21)12-6-1-2-7-13(12)16(22)17(14)23-18/h1-8,15-16,21-22H,9,19H2. The van der Waals surface area contributed by atoms with E-state index < -0.39 is 12.2 Å². The van der Waals surface area contributed by atoms with Gasteiger partial charge in [-0.2, -0.15) is 0 Å². The monoisotopic (exact) mass is 308 g/mol. The molecule has 1 aliphatic carbocycles. The maximum atomic E-state index is 10.5. The van der Waals surface area contributed by atoms with E-state index in [1.54, 1.807) is 12.1 Å². The van der Waals surface area contributed by atoms with E-state index in [2.05, 4.69) is 4.98 Å². The van der Waals surface area contributed by atoms with Crippen LogP contribution in [0, 0.1) is 0 Å². The van der Waals surface area contributed by atoms with Crippen molar-refractivity contribution < 1.29 is 14.6 Å². The predicted molar refractivity (Wildman–Crippen MR) is 84.4 cm³/mol. The Hall–Kier alpha value is -2.47. The lowest BCUT2D eigenvalue weighted by atomic mass is 9.88. The van der Waals surface area contributed by atoms with Crippen molar-refractivity contribution in [1.82, 2.24) is 4.98 Å². The van der Waals surface area contributed by atoms with Crippen molar-refractivity contribution in [2.24, 2.45) is 5.73 Å². The normalized spacial score (nSPS) is 19.3. The van der Waals surface area contributed by atoms with Gasteiger partial charge < -0.3 is 20.4 Å². The van der Waals surface area contributed by atoms with Crippen molar-refractivity contribution in [3.63, 3.8) is 0 Å². The fourth-order valence-corrected chi connectivity index (χ4v) is 2.99. The van der Waals surface area contributed by atoms with E-state index in [1.165, 1.54) is 0 Å². The highest BCUT2D eigenvalue weighted by Crippen LogP contribution is 2.42. The molecule has 116 valence electrons. The lowest BCUT2D eigenvalue weighted by molar-refractivity contribution is 0.151. The van der Waals surface area contributed by atoms with Crippen LogP contribution in [0.4, 0.5) is 0 Å². The number of benzene rings is 2. The third-order valence-corrected chi connectivity index (χ3v) is 4.18. The molecule has 0 spiro atoms. The Labute approximate surface area is 133 Å². The van der Waals surface area contributed by atoms with Crippen LogP contribution in [-0.2, 0) is 6.54 Å². The van der Waals surface area contributed by atoms with Crippen LogP contribution in [0.5, 0.6) is 0 Å². The van der Waals surface area contributed by atoms with Gasteiger partial charge in [-0.3, -0.25) is 0 Å². The van der Waals surface area contributed by atoms with E-state index in [0.29, 0.717) is 35.0 Å². The van der Waals surface area contributed by atoms with Gasteiger partial charge in [-0.15, -0.1) is 0 Å². The third kappa shape index (κ3) is 2.17. The van der Waals surface area contributed by atoms with Gasteiger partial charge in [-0.25, -0.2) is 4.98 Å². The Morgan fingerprint density at radius 1 is 1.00 bits per heavy atom. The zero-order chi connectivity index (χ0) is 16.0. The molecule has 1 heterocycles. The number of aromatic nitrogens is 1. The molecule has 2 unspecified atom stereocenters. The Morgan fingerprint density at radius 2 is 1.74 bits per heavy atom. The van der Waals surface area contributed by atoms with E-state index in [9.17, 15) is 10.2 Å². The topological polar surface area (TPSA) is 92.5 Å². The maximum Gasteiger partial charge on any atom is 0.226 e. The van der Waals surface area contributed by atoms with E-state index in [0.717, 1.165) is 11.1 Å². The number of fused-ring (bicyclic) bond motifs is 2. The summed E-state index contributed by atoms with van der Waals surface area (Å²) in [4.78, 5) is 4.41. The molecule has 0 radical (unpaired) electrons. The second-order valence-electron chi connectivity index (χ2n) is 5.61. The predicted octanol–water partition coefficient (Wildman–Crippen LogP) is 2.28. The van der Waals surface area contributed by atoms with E-state index in [-0.39, 0.29) is 0 Å². The second-order valence-corrected chi connectivity index (χ2v) is 5.61. The van der Waals surface area contributed by atoms with E-state index in [1.807, 2.05) is 36.4 Å². The summed E-state index contributed by atoms with van der Waals surface area (Å²) >= 11 is 0. The van der Waals surface area contributed by atoms with Gasteiger partial charge in [-0.1, -0.05) is 36.4 Å². The Bertz CT molecular complexity index is 826. The van der Waals surface area contributed by atoms with Crippen LogP contribution in [0.15, 0.2) is 52.9 Å². The van der Waals surface area contributed by atoms with Crippen molar-refractivity contribution in [2.45, 2.75) is 18.8 Å². The number of oxazole rings is 1. The van der Waals surface area contributed by atoms with Crippen molar-refractivity contribution in [3.05, 3.63) is 76.7 Å². The molecule has 4 rings (SSSR count). The van der Waals surface area contributed by atoms with Crippen LogP contribution in [-0.4, -0.2) is 15.2 Å². The Kier molecular flexibility index (Phi) is 3.27. The fraction of sp³-hybridized carbons (Fsp3) is 0.167. The number of nitrogens with zero attached hydrogens (tertiary/aromatic N) is 1. The number of aliphatic hydroxyl groups excluding tert-OH is 2. The lowest BCUT2D eigenvalue weighted by Crippen LogP contribution is -2.16. The van der Waals surface area contributed by atoms with Crippen LogP contribution < -0.4 is 5.73 Å². The maximum absolute atomic E-state index is 10.5. The minimum absolute atomic E-state index is 0.296. The molecule has 1 aromatic heterocycles. The largest absolute Gasteiger partial charge is 0.438 e. The van der Waals surface area contributed by atoms with E-state index >= 15 is 0 Å². The highest BCUT2D eigenvalue weighted by molar-refractivity contribution is 5.57. The van der Waals surface area contributed by atoms with Gasteiger partial charge in [0.2, 0.25) is 5.89 Å². The lowest BCUT2D eigenvalue weighted by Gasteiger charge is -2.23. The third-order valence-electron chi connectivity index (χ3n) is 4.18. The van der Waals surface area contributed by atoms with Gasteiger partial charge in [0, 0.05) is 12.1 Å². The summed E-state index contributed by atoms with van der Waals surface area (Å²) in [5.74, 6) is 0.667. The van der Waals surface area contributed by atoms with Crippen molar-refractivity contribution >= 4 is 0 Å². The molecule has 2 atom stereocenters.